The van der Waals surface area contributed by atoms with Crippen LogP contribution in [0.4, 0.5) is 0 Å². The SMILES string of the molecule is CC(C)(CO)N(CCO)C(=O)c1ccccc1. The number of aliphatic hydroxyl groups is 2. The van der Waals surface area contributed by atoms with E-state index in [1.165, 1.54) is 4.90 Å². The summed E-state index contributed by atoms with van der Waals surface area (Å²) in [6, 6.07) is 8.86. The first kappa shape index (κ1) is 13.7. The molecule has 0 aliphatic heterocycles. The Hall–Kier alpha value is -1.39. The van der Waals surface area contributed by atoms with E-state index in [2.05, 4.69) is 0 Å². The predicted molar refractivity (Wildman–Crippen MR) is 65.7 cm³/mol. The van der Waals surface area contributed by atoms with Crippen LogP contribution in [0, 0.1) is 0 Å². The summed E-state index contributed by atoms with van der Waals surface area (Å²) >= 11 is 0. The van der Waals surface area contributed by atoms with Gasteiger partial charge in [0.1, 0.15) is 0 Å². The Kier molecular flexibility index (Phi) is 4.66. The summed E-state index contributed by atoms with van der Waals surface area (Å²) in [6.07, 6.45) is 0. The van der Waals surface area contributed by atoms with Gasteiger partial charge in [-0.25, -0.2) is 0 Å². The zero-order valence-electron chi connectivity index (χ0n) is 10.3. The van der Waals surface area contributed by atoms with Crippen LogP contribution in [0.5, 0.6) is 0 Å². The smallest absolute Gasteiger partial charge is 0.254 e. The zero-order chi connectivity index (χ0) is 12.9. The van der Waals surface area contributed by atoms with Gasteiger partial charge in [-0.15, -0.1) is 0 Å². The lowest BCUT2D eigenvalue weighted by Gasteiger charge is -2.37. The second kappa shape index (κ2) is 5.80. The number of rotatable bonds is 5. The molecular formula is C13H19NO3. The molecule has 4 nitrogen and oxygen atoms in total. The van der Waals surface area contributed by atoms with Gasteiger partial charge >= 0.3 is 0 Å². The average Bonchev–Trinajstić information content (AvgIpc) is 2.36. The fourth-order valence-corrected chi connectivity index (χ4v) is 1.60. The molecule has 0 aromatic heterocycles. The Bertz CT molecular complexity index is 362. The third kappa shape index (κ3) is 3.28. The number of nitrogens with zero attached hydrogens (tertiary/aromatic N) is 1. The highest BCUT2D eigenvalue weighted by Crippen LogP contribution is 2.17. The average molecular weight is 237 g/mol. The van der Waals surface area contributed by atoms with E-state index in [1.807, 2.05) is 6.07 Å². The van der Waals surface area contributed by atoms with Crippen molar-refractivity contribution in [2.75, 3.05) is 19.8 Å². The van der Waals surface area contributed by atoms with Crippen molar-refractivity contribution >= 4 is 5.91 Å². The van der Waals surface area contributed by atoms with Crippen LogP contribution in [0.1, 0.15) is 24.2 Å². The first-order valence-electron chi connectivity index (χ1n) is 5.61. The number of hydrogen-bond donors (Lipinski definition) is 2. The van der Waals surface area contributed by atoms with E-state index in [4.69, 9.17) is 5.11 Å². The number of amides is 1. The van der Waals surface area contributed by atoms with Crippen molar-refractivity contribution in [2.45, 2.75) is 19.4 Å². The maximum Gasteiger partial charge on any atom is 0.254 e. The van der Waals surface area contributed by atoms with E-state index in [1.54, 1.807) is 38.1 Å². The molecule has 0 aliphatic rings. The second-order valence-corrected chi connectivity index (χ2v) is 4.52. The molecule has 0 atom stereocenters. The van der Waals surface area contributed by atoms with Gasteiger partial charge in [-0.3, -0.25) is 4.79 Å². The van der Waals surface area contributed by atoms with Gasteiger partial charge in [-0.2, -0.15) is 0 Å². The van der Waals surface area contributed by atoms with Gasteiger partial charge in [0.05, 0.1) is 18.8 Å². The van der Waals surface area contributed by atoms with Crippen molar-refractivity contribution in [1.29, 1.82) is 0 Å². The van der Waals surface area contributed by atoms with Crippen molar-refractivity contribution in [2.24, 2.45) is 0 Å². The summed E-state index contributed by atoms with van der Waals surface area (Å²) in [7, 11) is 0. The van der Waals surface area contributed by atoms with E-state index in [-0.39, 0.29) is 25.7 Å². The van der Waals surface area contributed by atoms with Crippen LogP contribution in [0.25, 0.3) is 0 Å². The maximum absolute atomic E-state index is 12.2. The van der Waals surface area contributed by atoms with Gasteiger partial charge in [-0.05, 0) is 26.0 Å². The van der Waals surface area contributed by atoms with Gasteiger partial charge < -0.3 is 15.1 Å². The normalized spacial score (nSPS) is 11.3. The molecule has 0 radical (unpaired) electrons. The third-order valence-electron chi connectivity index (χ3n) is 2.71. The molecular weight excluding hydrogens is 218 g/mol. The number of β-amino-alcohol motifs (C(OH)–C–C–N with tert-alkyl or cyclic N) is 1. The molecule has 1 amide bonds. The van der Waals surface area contributed by atoms with Crippen molar-refractivity contribution < 1.29 is 15.0 Å². The molecule has 0 unspecified atom stereocenters. The fourth-order valence-electron chi connectivity index (χ4n) is 1.60. The lowest BCUT2D eigenvalue weighted by atomic mass is 10.0. The van der Waals surface area contributed by atoms with Gasteiger partial charge in [0, 0.05) is 12.1 Å². The molecule has 0 heterocycles. The molecule has 4 heteroatoms. The van der Waals surface area contributed by atoms with Crippen LogP contribution in [0.2, 0.25) is 0 Å². The molecule has 0 saturated heterocycles. The summed E-state index contributed by atoms with van der Waals surface area (Å²) in [5, 5.41) is 18.3. The Morgan fingerprint density at radius 1 is 1.24 bits per heavy atom. The van der Waals surface area contributed by atoms with Crippen LogP contribution in [-0.2, 0) is 0 Å². The highest BCUT2D eigenvalue weighted by atomic mass is 16.3. The minimum Gasteiger partial charge on any atom is -0.395 e. The van der Waals surface area contributed by atoms with Crippen molar-refractivity contribution in [3.8, 4) is 0 Å². The number of aliphatic hydroxyl groups excluding tert-OH is 2. The summed E-state index contributed by atoms with van der Waals surface area (Å²) in [5.74, 6) is -0.182. The van der Waals surface area contributed by atoms with Crippen LogP contribution < -0.4 is 0 Å². The molecule has 17 heavy (non-hydrogen) atoms. The Labute approximate surface area is 101 Å². The van der Waals surface area contributed by atoms with Gasteiger partial charge in [0.25, 0.3) is 5.91 Å². The Balaban J connectivity index is 2.96. The van der Waals surface area contributed by atoms with Gasteiger partial charge in [-0.1, -0.05) is 18.2 Å². The molecule has 2 N–H and O–H groups in total. The first-order chi connectivity index (χ1) is 8.03. The first-order valence-corrected chi connectivity index (χ1v) is 5.61. The highest BCUT2D eigenvalue weighted by molar-refractivity contribution is 5.94. The lowest BCUT2D eigenvalue weighted by Crippen LogP contribution is -2.51. The molecule has 1 rings (SSSR count). The van der Waals surface area contributed by atoms with E-state index in [0.29, 0.717) is 5.56 Å². The maximum atomic E-state index is 12.2. The monoisotopic (exact) mass is 237 g/mol. The molecule has 0 bridgehead atoms. The minimum absolute atomic E-state index is 0.123. The van der Waals surface area contributed by atoms with E-state index in [0.717, 1.165) is 0 Å². The summed E-state index contributed by atoms with van der Waals surface area (Å²) < 4.78 is 0. The quantitative estimate of drug-likeness (QED) is 0.799. The van der Waals surface area contributed by atoms with Gasteiger partial charge in [0.15, 0.2) is 0 Å². The number of benzene rings is 1. The standard InChI is InChI=1S/C13H19NO3/c1-13(2,10-16)14(8-9-15)12(17)11-6-4-3-5-7-11/h3-7,15-16H,8-10H2,1-2H3. The summed E-state index contributed by atoms with van der Waals surface area (Å²) in [4.78, 5) is 13.7. The second-order valence-electron chi connectivity index (χ2n) is 4.52. The number of hydrogen-bond acceptors (Lipinski definition) is 3. The molecule has 0 aliphatic carbocycles. The van der Waals surface area contributed by atoms with Crippen molar-refractivity contribution in [3.05, 3.63) is 35.9 Å². The number of carbonyl (C=O) groups is 1. The predicted octanol–water partition coefficient (Wildman–Crippen LogP) is 0.892. The highest BCUT2D eigenvalue weighted by Gasteiger charge is 2.30. The molecule has 0 fully saturated rings. The topological polar surface area (TPSA) is 60.8 Å². The van der Waals surface area contributed by atoms with Crippen LogP contribution >= 0.6 is 0 Å². The van der Waals surface area contributed by atoms with Crippen LogP contribution in [0.3, 0.4) is 0 Å². The number of carbonyl (C=O) groups excluding carboxylic acids is 1. The Morgan fingerprint density at radius 3 is 2.29 bits per heavy atom. The van der Waals surface area contributed by atoms with E-state index in [9.17, 15) is 9.90 Å². The lowest BCUT2D eigenvalue weighted by molar-refractivity contribution is 0.0308. The van der Waals surface area contributed by atoms with E-state index < -0.39 is 5.54 Å². The Morgan fingerprint density at radius 2 is 1.82 bits per heavy atom. The van der Waals surface area contributed by atoms with Crippen LogP contribution in [0.15, 0.2) is 30.3 Å². The van der Waals surface area contributed by atoms with Crippen molar-refractivity contribution in [3.63, 3.8) is 0 Å². The molecule has 0 saturated carbocycles. The molecule has 0 spiro atoms. The zero-order valence-corrected chi connectivity index (χ0v) is 10.3. The van der Waals surface area contributed by atoms with Crippen molar-refractivity contribution in [1.82, 2.24) is 4.90 Å². The molecule has 1 aromatic rings. The minimum atomic E-state index is -0.685. The van der Waals surface area contributed by atoms with Crippen LogP contribution in [-0.4, -0.2) is 46.3 Å². The fraction of sp³-hybridized carbons (Fsp3) is 0.462. The third-order valence-corrected chi connectivity index (χ3v) is 2.71. The molecule has 1 aromatic carbocycles. The summed E-state index contributed by atoms with van der Waals surface area (Å²) in [5.41, 5.74) is -0.127. The largest absolute Gasteiger partial charge is 0.395 e. The van der Waals surface area contributed by atoms with Gasteiger partial charge in [0.2, 0.25) is 0 Å². The van der Waals surface area contributed by atoms with E-state index >= 15 is 0 Å². The summed E-state index contributed by atoms with van der Waals surface area (Å²) in [6.45, 7) is 3.47. The molecule has 94 valence electrons.